The second kappa shape index (κ2) is 8.37. The van der Waals surface area contributed by atoms with Gasteiger partial charge in [0.1, 0.15) is 5.82 Å². The Kier molecular flexibility index (Phi) is 6.16. The second-order valence-electron chi connectivity index (χ2n) is 6.49. The van der Waals surface area contributed by atoms with Crippen LogP contribution in [0.2, 0.25) is 5.02 Å². The summed E-state index contributed by atoms with van der Waals surface area (Å²) in [5.74, 6) is -1.10. The first-order valence-corrected chi connectivity index (χ1v) is 10.7. The largest absolute Gasteiger partial charge is 0.372 e. The van der Waals surface area contributed by atoms with Crippen LogP contribution in [0.15, 0.2) is 42.5 Å². The standard InChI is InChI=1S/C19H22ClFN2O2S/c20-18-5-4-6-19(21)17(18)14-26(24,25)22-13-15-7-9-16(10-8-15)23-11-2-1-3-12-23/h4-10,22H,1-3,11-14H2. The van der Waals surface area contributed by atoms with E-state index in [1.54, 1.807) is 0 Å². The molecule has 2 aromatic rings. The maximum atomic E-state index is 13.8. The number of halogens is 2. The average molecular weight is 397 g/mol. The van der Waals surface area contributed by atoms with Crippen molar-refractivity contribution in [3.63, 3.8) is 0 Å². The molecule has 0 unspecified atom stereocenters. The molecule has 1 fully saturated rings. The fourth-order valence-corrected chi connectivity index (χ4v) is 4.55. The lowest BCUT2D eigenvalue weighted by Crippen LogP contribution is -2.29. The van der Waals surface area contributed by atoms with Gasteiger partial charge in [0.25, 0.3) is 0 Å². The molecular formula is C19H22ClFN2O2S. The van der Waals surface area contributed by atoms with Crippen LogP contribution in [0.4, 0.5) is 10.1 Å². The summed E-state index contributed by atoms with van der Waals surface area (Å²) in [5, 5.41) is 0.112. The van der Waals surface area contributed by atoms with Crippen LogP contribution < -0.4 is 9.62 Å². The van der Waals surface area contributed by atoms with Gasteiger partial charge < -0.3 is 4.90 Å². The fraction of sp³-hybridized carbons (Fsp3) is 0.368. The molecule has 2 aromatic carbocycles. The van der Waals surface area contributed by atoms with Crippen molar-refractivity contribution < 1.29 is 12.8 Å². The summed E-state index contributed by atoms with van der Waals surface area (Å²) in [6.07, 6.45) is 3.70. The van der Waals surface area contributed by atoms with Gasteiger partial charge in [-0.1, -0.05) is 29.8 Å². The van der Waals surface area contributed by atoms with Crippen molar-refractivity contribution in [2.75, 3.05) is 18.0 Å². The number of hydrogen-bond donors (Lipinski definition) is 1. The predicted octanol–water partition coefficient (Wildman–Crippen LogP) is 4.09. The third kappa shape index (κ3) is 4.96. The molecule has 1 aliphatic rings. The minimum atomic E-state index is -3.69. The molecule has 1 N–H and O–H groups in total. The van der Waals surface area contributed by atoms with Crippen LogP contribution >= 0.6 is 11.6 Å². The monoisotopic (exact) mass is 396 g/mol. The molecule has 0 bridgehead atoms. The van der Waals surface area contributed by atoms with Gasteiger partial charge in [0.05, 0.1) is 5.75 Å². The van der Waals surface area contributed by atoms with Gasteiger partial charge in [-0.2, -0.15) is 0 Å². The van der Waals surface area contributed by atoms with E-state index in [1.807, 2.05) is 24.3 Å². The minimum Gasteiger partial charge on any atom is -0.372 e. The van der Waals surface area contributed by atoms with Crippen LogP contribution in [0.5, 0.6) is 0 Å². The van der Waals surface area contributed by atoms with Gasteiger partial charge >= 0.3 is 0 Å². The lowest BCUT2D eigenvalue weighted by molar-refractivity contribution is 0.574. The zero-order valence-electron chi connectivity index (χ0n) is 14.4. The zero-order valence-corrected chi connectivity index (χ0v) is 16.0. The summed E-state index contributed by atoms with van der Waals surface area (Å²) in [6, 6.07) is 12.0. The van der Waals surface area contributed by atoms with Crippen molar-refractivity contribution in [3.8, 4) is 0 Å². The molecule has 1 saturated heterocycles. The summed E-state index contributed by atoms with van der Waals surface area (Å²) in [7, 11) is -3.69. The molecule has 0 atom stereocenters. The molecule has 140 valence electrons. The number of anilines is 1. The molecule has 0 radical (unpaired) electrons. The topological polar surface area (TPSA) is 49.4 Å². The van der Waals surface area contributed by atoms with Gasteiger partial charge in [-0.3, -0.25) is 0 Å². The molecule has 3 rings (SSSR count). The Hall–Kier alpha value is -1.63. The summed E-state index contributed by atoms with van der Waals surface area (Å²) in [4.78, 5) is 2.34. The molecule has 0 aliphatic carbocycles. The summed E-state index contributed by atoms with van der Waals surface area (Å²) in [6.45, 7) is 2.29. The van der Waals surface area contributed by atoms with Crippen LogP contribution in [0.3, 0.4) is 0 Å². The number of hydrogen-bond acceptors (Lipinski definition) is 3. The van der Waals surface area contributed by atoms with Gasteiger partial charge in [0.2, 0.25) is 10.0 Å². The summed E-state index contributed by atoms with van der Waals surface area (Å²) >= 11 is 5.91. The zero-order chi connectivity index (χ0) is 18.6. The van der Waals surface area contributed by atoms with Gasteiger partial charge in [-0.25, -0.2) is 17.5 Å². The van der Waals surface area contributed by atoms with Gasteiger partial charge in [0, 0.05) is 35.9 Å². The van der Waals surface area contributed by atoms with Crippen LogP contribution in [0, 0.1) is 5.82 Å². The van der Waals surface area contributed by atoms with E-state index in [4.69, 9.17) is 11.6 Å². The van der Waals surface area contributed by atoms with Crippen LogP contribution in [-0.2, 0) is 22.3 Å². The number of sulfonamides is 1. The molecule has 1 heterocycles. The van der Waals surface area contributed by atoms with Crippen molar-refractivity contribution in [1.29, 1.82) is 0 Å². The molecule has 4 nitrogen and oxygen atoms in total. The molecule has 0 saturated carbocycles. The van der Waals surface area contributed by atoms with E-state index < -0.39 is 21.6 Å². The Morgan fingerprint density at radius 2 is 1.73 bits per heavy atom. The number of piperidine rings is 1. The minimum absolute atomic E-state index is 0.0119. The van der Waals surface area contributed by atoms with Crippen LogP contribution in [-0.4, -0.2) is 21.5 Å². The van der Waals surface area contributed by atoms with E-state index in [2.05, 4.69) is 9.62 Å². The first-order chi connectivity index (χ1) is 12.4. The van der Waals surface area contributed by atoms with Crippen molar-refractivity contribution >= 4 is 27.3 Å². The molecule has 7 heteroatoms. The Balaban J connectivity index is 1.60. The van der Waals surface area contributed by atoms with Crippen LogP contribution in [0.25, 0.3) is 0 Å². The summed E-state index contributed by atoms with van der Waals surface area (Å²) < 4.78 is 40.8. The Morgan fingerprint density at radius 1 is 1.04 bits per heavy atom. The van der Waals surface area contributed by atoms with Gasteiger partial charge in [0.15, 0.2) is 0 Å². The van der Waals surface area contributed by atoms with Crippen LogP contribution in [0.1, 0.15) is 30.4 Å². The molecule has 26 heavy (non-hydrogen) atoms. The lowest BCUT2D eigenvalue weighted by Gasteiger charge is -2.28. The molecule has 1 aliphatic heterocycles. The van der Waals surface area contributed by atoms with E-state index in [-0.39, 0.29) is 17.1 Å². The van der Waals surface area contributed by atoms with E-state index in [0.29, 0.717) is 0 Å². The van der Waals surface area contributed by atoms with E-state index in [1.165, 1.54) is 37.5 Å². The highest BCUT2D eigenvalue weighted by atomic mass is 35.5. The average Bonchev–Trinajstić information content (AvgIpc) is 2.65. The Labute approximate surface area is 159 Å². The van der Waals surface area contributed by atoms with Crippen molar-refractivity contribution in [3.05, 3.63) is 64.4 Å². The smallest absolute Gasteiger partial charge is 0.216 e. The lowest BCUT2D eigenvalue weighted by atomic mass is 10.1. The van der Waals surface area contributed by atoms with Gasteiger partial charge in [-0.15, -0.1) is 0 Å². The van der Waals surface area contributed by atoms with E-state index in [0.717, 1.165) is 24.3 Å². The van der Waals surface area contributed by atoms with Crippen molar-refractivity contribution in [1.82, 2.24) is 4.72 Å². The molecular weight excluding hydrogens is 375 g/mol. The maximum Gasteiger partial charge on any atom is 0.216 e. The first-order valence-electron chi connectivity index (χ1n) is 8.69. The van der Waals surface area contributed by atoms with Crippen molar-refractivity contribution in [2.24, 2.45) is 0 Å². The quantitative estimate of drug-likeness (QED) is 0.800. The number of nitrogens with zero attached hydrogens (tertiary/aromatic N) is 1. The van der Waals surface area contributed by atoms with E-state index >= 15 is 0 Å². The first kappa shape index (κ1) is 19.1. The highest BCUT2D eigenvalue weighted by molar-refractivity contribution is 7.88. The number of nitrogens with one attached hydrogen (secondary N) is 1. The highest BCUT2D eigenvalue weighted by Crippen LogP contribution is 2.22. The normalized spacial score (nSPS) is 15.2. The third-order valence-corrected chi connectivity index (χ3v) is 6.16. The number of benzene rings is 2. The molecule has 0 amide bonds. The predicted molar refractivity (Wildman–Crippen MR) is 103 cm³/mol. The molecule has 0 spiro atoms. The SMILES string of the molecule is O=S(=O)(Cc1c(F)cccc1Cl)NCc1ccc(N2CCCCC2)cc1. The Morgan fingerprint density at radius 3 is 2.38 bits per heavy atom. The maximum absolute atomic E-state index is 13.8. The highest BCUT2D eigenvalue weighted by Gasteiger charge is 2.17. The third-order valence-electron chi connectivity index (χ3n) is 4.55. The molecule has 0 aromatic heterocycles. The second-order valence-corrected chi connectivity index (χ2v) is 8.71. The van der Waals surface area contributed by atoms with E-state index in [9.17, 15) is 12.8 Å². The van der Waals surface area contributed by atoms with Crippen molar-refractivity contribution in [2.45, 2.75) is 31.6 Å². The fourth-order valence-electron chi connectivity index (χ4n) is 3.08. The van der Waals surface area contributed by atoms with Gasteiger partial charge in [-0.05, 0) is 49.1 Å². The Bertz CT molecular complexity index is 830. The summed E-state index contributed by atoms with van der Waals surface area (Å²) in [5.41, 5.74) is 2.01. The number of rotatable bonds is 6.